The van der Waals surface area contributed by atoms with E-state index in [2.05, 4.69) is 10.6 Å². The number of benzene rings is 2. The van der Waals surface area contributed by atoms with E-state index >= 15 is 0 Å². The van der Waals surface area contributed by atoms with Gasteiger partial charge in [0.2, 0.25) is 0 Å². The number of carbonyl (C=O) groups is 2. The highest BCUT2D eigenvalue weighted by molar-refractivity contribution is 6.39. The first-order valence-corrected chi connectivity index (χ1v) is 7.55. The zero-order valence-electron chi connectivity index (χ0n) is 13.3. The lowest BCUT2D eigenvalue weighted by atomic mass is 10.1. The van der Waals surface area contributed by atoms with Gasteiger partial charge in [-0.3, -0.25) is 9.59 Å². The molecule has 126 valence electrons. The van der Waals surface area contributed by atoms with Crippen molar-refractivity contribution in [1.82, 2.24) is 5.32 Å². The SMILES string of the molecule is Cc1ccc(F)c(NC(=O)C(=O)NCCC(O)c2ccccc2)c1. The van der Waals surface area contributed by atoms with Crippen LogP contribution in [0.15, 0.2) is 48.5 Å². The third kappa shape index (κ3) is 4.89. The molecule has 0 bridgehead atoms. The van der Waals surface area contributed by atoms with Crippen LogP contribution in [-0.4, -0.2) is 23.5 Å². The topological polar surface area (TPSA) is 78.4 Å². The van der Waals surface area contributed by atoms with Crippen LogP contribution in [0.1, 0.15) is 23.7 Å². The molecule has 0 aromatic heterocycles. The summed E-state index contributed by atoms with van der Waals surface area (Å²) in [7, 11) is 0. The van der Waals surface area contributed by atoms with Gasteiger partial charge in [0, 0.05) is 6.54 Å². The maximum atomic E-state index is 13.6. The second-order valence-corrected chi connectivity index (χ2v) is 5.41. The molecule has 0 aliphatic rings. The summed E-state index contributed by atoms with van der Waals surface area (Å²) in [5.41, 5.74) is 1.45. The molecule has 1 atom stereocenters. The maximum Gasteiger partial charge on any atom is 0.313 e. The third-order valence-electron chi connectivity index (χ3n) is 3.46. The summed E-state index contributed by atoms with van der Waals surface area (Å²) in [6, 6.07) is 13.2. The molecule has 2 amide bonds. The summed E-state index contributed by atoms with van der Waals surface area (Å²) in [4.78, 5) is 23.5. The molecule has 0 saturated heterocycles. The quantitative estimate of drug-likeness (QED) is 0.736. The van der Waals surface area contributed by atoms with Gasteiger partial charge in [-0.05, 0) is 36.6 Å². The van der Waals surface area contributed by atoms with Crippen molar-refractivity contribution in [1.29, 1.82) is 0 Å². The standard InChI is InChI=1S/C18H19FN2O3/c1-12-7-8-14(19)15(11-12)21-18(24)17(23)20-10-9-16(22)13-5-3-2-4-6-13/h2-8,11,16,22H,9-10H2,1H3,(H,20,23)(H,21,24). The average Bonchev–Trinajstić information content (AvgIpc) is 2.58. The first-order chi connectivity index (χ1) is 11.5. The van der Waals surface area contributed by atoms with Crippen LogP contribution in [0.4, 0.5) is 10.1 Å². The van der Waals surface area contributed by atoms with E-state index in [4.69, 9.17) is 0 Å². The predicted molar refractivity (Wildman–Crippen MR) is 88.8 cm³/mol. The Bertz CT molecular complexity index is 719. The fourth-order valence-corrected chi connectivity index (χ4v) is 2.16. The van der Waals surface area contributed by atoms with Gasteiger partial charge in [0.05, 0.1) is 11.8 Å². The van der Waals surface area contributed by atoms with Crippen molar-refractivity contribution in [3.05, 3.63) is 65.5 Å². The molecule has 2 aromatic rings. The molecule has 0 fully saturated rings. The molecule has 6 heteroatoms. The second-order valence-electron chi connectivity index (χ2n) is 5.41. The normalized spacial score (nSPS) is 11.6. The molecule has 0 heterocycles. The summed E-state index contributed by atoms with van der Waals surface area (Å²) in [5, 5.41) is 14.6. The number of rotatable bonds is 5. The monoisotopic (exact) mass is 330 g/mol. The van der Waals surface area contributed by atoms with Gasteiger partial charge in [-0.25, -0.2) is 4.39 Å². The largest absolute Gasteiger partial charge is 0.388 e. The number of nitrogens with one attached hydrogen (secondary N) is 2. The first-order valence-electron chi connectivity index (χ1n) is 7.55. The van der Waals surface area contributed by atoms with Gasteiger partial charge in [-0.1, -0.05) is 36.4 Å². The van der Waals surface area contributed by atoms with Crippen molar-refractivity contribution in [3.63, 3.8) is 0 Å². The second kappa shape index (κ2) is 8.21. The molecule has 0 radical (unpaired) electrons. The van der Waals surface area contributed by atoms with Crippen molar-refractivity contribution in [2.24, 2.45) is 0 Å². The maximum absolute atomic E-state index is 13.6. The van der Waals surface area contributed by atoms with E-state index in [0.29, 0.717) is 0 Å². The molecule has 0 saturated carbocycles. The minimum absolute atomic E-state index is 0.0422. The van der Waals surface area contributed by atoms with Crippen LogP contribution in [-0.2, 0) is 9.59 Å². The van der Waals surface area contributed by atoms with E-state index in [0.717, 1.165) is 11.1 Å². The molecular formula is C18H19FN2O3. The summed E-state index contributed by atoms with van der Waals surface area (Å²) in [5.74, 6) is -2.44. The number of aliphatic hydroxyl groups excluding tert-OH is 1. The molecule has 0 aliphatic heterocycles. The number of amides is 2. The fourth-order valence-electron chi connectivity index (χ4n) is 2.16. The zero-order valence-corrected chi connectivity index (χ0v) is 13.3. The molecular weight excluding hydrogens is 311 g/mol. The molecule has 3 N–H and O–H groups in total. The first kappa shape index (κ1) is 17.6. The van der Waals surface area contributed by atoms with E-state index < -0.39 is 23.7 Å². The molecule has 0 spiro atoms. The summed E-state index contributed by atoms with van der Waals surface area (Å²) >= 11 is 0. The zero-order chi connectivity index (χ0) is 17.5. The lowest BCUT2D eigenvalue weighted by Gasteiger charge is -2.12. The lowest BCUT2D eigenvalue weighted by molar-refractivity contribution is -0.136. The van der Waals surface area contributed by atoms with Gasteiger partial charge in [0.25, 0.3) is 0 Å². The molecule has 2 aromatic carbocycles. The minimum atomic E-state index is -0.950. The van der Waals surface area contributed by atoms with Crippen molar-refractivity contribution >= 4 is 17.5 Å². The van der Waals surface area contributed by atoms with Crippen molar-refractivity contribution < 1.29 is 19.1 Å². The van der Waals surface area contributed by atoms with Crippen LogP contribution in [0.25, 0.3) is 0 Å². The highest BCUT2D eigenvalue weighted by Crippen LogP contribution is 2.16. The van der Waals surface area contributed by atoms with E-state index in [-0.39, 0.29) is 18.7 Å². The van der Waals surface area contributed by atoms with Gasteiger partial charge in [-0.15, -0.1) is 0 Å². The summed E-state index contributed by atoms with van der Waals surface area (Å²) in [6.45, 7) is 1.87. The number of hydrogen-bond acceptors (Lipinski definition) is 3. The van der Waals surface area contributed by atoms with Crippen LogP contribution in [0, 0.1) is 12.7 Å². The van der Waals surface area contributed by atoms with Gasteiger partial charge < -0.3 is 15.7 Å². The molecule has 0 aliphatic carbocycles. The average molecular weight is 330 g/mol. The van der Waals surface area contributed by atoms with Gasteiger partial charge >= 0.3 is 11.8 Å². The van der Waals surface area contributed by atoms with Crippen LogP contribution in [0.3, 0.4) is 0 Å². The Kier molecular flexibility index (Phi) is 6.03. The summed E-state index contributed by atoms with van der Waals surface area (Å²) < 4.78 is 13.6. The number of hydrogen-bond donors (Lipinski definition) is 3. The van der Waals surface area contributed by atoms with E-state index in [9.17, 15) is 19.1 Å². The molecule has 5 nitrogen and oxygen atoms in total. The number of aryl methyl sites for hydroxylation is 1. The van der Waals surface area contributed by atoms with Crippen molar-refractivity contribution in [2.45, 2.75) is 19.4 Å². The number of aliphatic hydroxyl groups is 1. The van der Waals surface area contributed by atoms with Crippen LogP contribution >= 0.6 is 0 Å². The number of carbonyl (C=O) groups excluding carboxylic acids is 2. The van der Waals surface area contributed by atoms with Gasteiger partial charge in [0.1, 0.15) is 5.82 Å². The Labute approximate surface area is 139 Å². The van der Waals surface area contributed by atoms with E-state index in [1.807, 2.05) is 6.07 Å². The third-order valence-corrected chi connectivity index (χ3v) is 3.46. The lowest BCUT2D eigenvalue weighted by Crippen LogP contribution is -2.36. The highest BCUT2D eigenvalue weighted by Gasteiger charge is 2.16. The Morgan fingerprint density at radius 3 is 2.54 bits per heavy atom. The Balaban J connectivity index is 1.82. The Hall–Kier alpha value is -2.73. The summed E-state index contributed by atoms with van der Waals surface area (Å²) in [6.07, 6.45) is -0.467. The Morgan fingerprint density at radius 1 is 1.12 bits per heavy atom. The van der Waals surface area contributed by atoms with Crippen LogP contribution in [0.2, 0.25) is 0 Å². The number of anilines is 1. The number of halogens is 1. The van der Waals surface area contributed by atoms with Crippen LogP contribution < -0.4 is 10.6 Å². The van der Waals surface area contributed by atoms with E-state index in [1.165, 1.54) is 12.1 Å². The fraction of sp³-hybridized carbons (Fsp3) is 0.222. The molecule has 1 unspecified atom stereocenters. The highest BCUT2D eigenvalue weighted by atomic mass is 19.1. The van der Waals surface area contributed by atoms with Crippen LogP contribution in [0.5, 0.6) is 0 Å². The van der Waals surface area contributed by atoms with Gasteiger partial charge in [0.15, 0.2) is 0 Å². The van der Waals surface area contributed by atoms with Crippen molar-refractivity contribution in [2.75, 3.05) is 11.9 Å². The Morgan fingerprint density at radius 2 is 1.83 bits per heavy atom. The minimum Gasteiger partial charge on any atom is -0.388 e. The van der Waals surface area contributed by atoms with Gasteiger partial charge in [-0.2, -0.15) is 0 Å². The molecule has 2 rings (SSSR count). The molecule has 24 heavy (non-hydrogen) atoms. The van der Waals surface area contributed by atoms with E-state index in [1.54, 1.807) is 37.3 Å². The predicted octanol–water partition coefficient (Wildman–Crippen LogP) is 2.31. The van der Waals surface area contributed by atoms with Crippen molar-refractivity contribution in [3.8, 4) is 0 Å². The smallest absolute Gasteiger partial charge is 0.313 e.